The zero-order chi connectivity index (χ0) is 14.2. The topological polar surface area (TPSA) is 25.4 Å². The standard InChI is InChI=1S/C17H26N2O.2ClH/c1-3-4-5-6-8-15-11-17(13-18-12-15)20-14-16-9-7-10-19(16)2;;/h6,8,11-13,16H,3-5,7,9-10,14H2,1-2H3;2*1H/b8-6+;;/t16-;;/m0../s1. The smallest absolute Gasteiger partial charge is 0.138 e. The van der Waals surface area contributed by atoms with Crippen molar-refractivity contribution in [2.45, 2.75) is 45.1 Å². The van der Waals surface area contributed by atoms with Crippen LogP contribution in [0.2, 0.25) is 0 Å². The molecule has 2 heterocycles. The van der Waals surface area contributed by atoms with Crippen LogP contribution in [-0.2, 0) is 0 Å². The first-order valence-corrected chi connectivity index (χ1v) is 7.74. The summed E-state index contributed by atoms with van der Waals surface area (Å²) in [6.07, 6.45) is 14.2. The fourth-order valence-corrected chi connectivity index (χ4v) is 2.53. The van der Waals surface area contributed by atoms with E-state index in [2.05, 4.69) is 42.1 Å². The van der Waals surface area contributed by atoms with Crippen LogP contribution in [0.4, 0.5) is 0 Å². The van der Waals surface area contributed by atoms with Gasteiger partial charge in [-0.05, 0) is 44.5 Å². The predicted molar refractivity (Wildman–Crippen MR) is 98.4 cm³/mol. The minimum absolute atomic E-state index is 0. The monoisotopic (exact) mass is 346 g/mol. The van der Waals surface area contributed by atoms with E-state index >= 15 is 0 Å². The van der Waals surface area contributed by atoms with E-state index in [4.69, 9.17) is 4.74 Å². The van der Waals surface area contributed by atoms with Crippen molar-refractivity contribution in [3.05, 3.63) is 30.1 Å². The third kappa shape index (κ3) is 6.99. The molecule has 1 aromatic heterocycles. The first kappa shape index (κ1) is 21.2. The highest BCUT2D eigenvalue weighted by Crippen LogP contribution is 2.18. The van der Waals surface area contributed by atoms with E-state index < -0.39 is 0 Å². The van der Waals surface area contributed by atoms with Gasteiger partial charge in [-0.2, -0.15) is 0 Å². The number of hydrogen-bond donors (Lipinski definition) is 0. The molecule has 0 unspecified atom stereocenters. The highest BCUT2D eigenvalue weighted by Gasteiger charge is 2.21. The number of likely N-dealkylation sites (N-methyl/N-ethyl adjacent to an activating group) is 1. The van der Waals surface area contributed by atoms with Crippen LogP contribution in [0.3, 0.4) is 0 Å². The average molecular weight is 347 g/mol. The molecule has 2 rings (SSSR count). The van der Waals surface area contributed by atoms with Crippen molar-refractivity contribution in [1.29, 1.82) is 0 Å². The lowest BCUT2D eigenvalue weighted by atomic mass is 10.2. The number of nitrogens with zero attached hydrogens (tertiary/aromatic N) is 2. The summed E-state index contributed by atoms with van der Waals surface area (Å²) in [5, 5.41) is 0. The quantitative estimate of drug-likeness (QED) is 0.674. The summed E-state index contributed by atoms with van der Waals surface area (Å²) in [6.45, 7) is 4.16. The molecule has 1 aliphatic heterocycles. The summed E-state index contributed by atoms with van der Waals surface area (Å²) >= 11 is 0. The van der Waals surface area contributed by atoms with Crippen molar-refractivity contribution in [3.63, 3.8) is 0 Å². The molecule has 1 aromatic rings. The Labute approximate surface area is 147 Å². The van der Waals surface area contributed by atoms with Gasteiger partial charge in [-0.25, -0.2) is 0 Å². The van der Waals surface area contributed by atoms with Crippen LogP contribution >= 0.6 is 24.8 Å². The molecule has 0 spiro atoms. The van der Waals surface area contributed by atoms with Gasteiger partial charge in [0.1, 0.15) is 12.4 Å². The molecular weight excluding hydrogens is 319 g/mol. The largest absolute Gasteiger partial charge is 0.490 e. The maximum Gasteiger partial charge on any atom is 0.138 e. The predicted octanol–water partition coefficient (Wildman–Crippen LogP) is 4.60. The van der Waals surface area contributed by atoms with Gasteiger partial charge < -0.3 is 9.64 Å². The number of ether oxygens (including phenoxy) is 1. The lowest BCUT2D eigenvalue weighted by molar-refractivity contribution is 0.198. The van der Waals surface area contributed by atoms with Gasteiger partial charge in [0.25, 0.3) is 0 Å². The number of allylic oxidation sites excluding steroid dienone is 1. The molecule has 1 atom stereocenters. The van der Waals surface area contributed by atoms with Gasteiger partial charge in [-0.3, -0.25) is 4.98 Å². The SMILES string of the molecule is CCCC/C=C/c1cncc(OC[C@@H]2CCCN2C)c1.Cl.Cl. The summed E-state index contributed by atoms with van der Waals surface area (Å²) in [5.41, 5.74) is 1.12. The lowest BCUT2D eigenvalue weighted by Crippen LogP contribution is -2.30. The second kappa shape index (κ2) is 11.8. The normalized spacial score (nSPS) is 18.0. The zero-order valence-corrected chi connectivity index (χ0v) is 15.2. The van der Waals surface area contributed by atoms with Crippen LogP contribution in [0, 0.1) is 0 Å². The number of halogens is 2. The number of aromatic nitrogens is 1. The summed E-state index contributed by atoms with van der Waals surface area (Å²) in [6, 6.07) is 2.63. The molecule has 1 aliphatic rings. The van der Waals surface area contributed by atoms with Crippen molar-refractivity contribution in [2.24, 2.45) is 0 Å². The molecule has 126 valence electrons. The van der Waals surface area contributed by atoms with E-state index in [0.717, 1.165) is 24.3 Å². The molecule has 5 heteroatoms. The van der Waals surface area contributed by atoms with E-state index in [1.807, 2.05) is 6.20 Å². The Morgan fingerprint density at radius 3 is 2.86 bits per heavy atom. The van der Waals surface area contributed by atoms with Crippen LogP contribution in [-0.4, -0.2) is 36.1 Å². The summed E-state index contributed by atoms with van der Waals surface area (Å²) in [4.78, 5) is 6.63. The minimum Gasteiger partial charge on any atom is -0.490 e. The summed E-state index contributed by atoms with van der Waals surface area (Å²) < 4.78 is 5.89. The number of rotatable bonds is 7. The Balaban J connectivity index is 0.00000220. The van der Waals surface area contributed by atoms with E-state index in [-0.39, 0.29) is 24.8 Å². The molecule has 0 amide bonds. The first-order chi connectivity index (χ1) is 9.79. The minimum atomic E-state index is 0. The lowest BCUT2D eigenvalue weighted by Gasteiger charge is -2.19. The van der Waals surface area contributed by atoms with Gasteiger partial charge in [0.2, 0.25) is 0 Å². The van der Waals surface area contributed by atoms with Crippen LogP contribution in [0.25, 0.3) is 6.08 Å². The molecular formula is C17H28Cl2N2O. The fourth-order valence-electron chi connectivity index (χ4n) is 2.53. The molecule has 22 heavy (non-hydrogen) atoms. The molecule has 0 saturated carbocycles. The van der Waals surface area contributed by atoms with Gasteiger partial charge in [-0.15, -0.1) is 24.8 Å². The van der Waals surface area contributed by atoms with E-state index in [0.29, 0.717) is 6.04 Å². The molecule has 3 nitrogen and oxygen atoms in total. The second-order valence-electron chi connectivity index (χ2n) is 5.59. The molecule has 0 N–H and O–H groups in total. The van der Waals surface area contributed by atoms with Crippen molar-refractivity contribution in [3.8, 4) is 5.75 Å². The maximum atomic E-state index is 5.89. The van der Waals surface area contributed by atoms with Gasteiger partial charge in [-0.1, -0.05) is 31.9 Å². The molecule has 0 radical (unpaired) electrons. The third-order valence-electron chi connectivity index (χ3n) is 3.88. The highest BCUT2D eigenvalue weighted by atomic mass is 35.5. The maximum absolute atomic E-state index is 5.89. The third-order valence-corrected chi connectivity index (χ3v) is 3.88. The fraction of sp³-hybridized carbons (Fsp3) is 0.588. The van der Waals surface area contributed by atoms with Crippen molar-refractivity contribution >= 4 is 30.9 Å². The molecule has 1 saturated heterocycles. The van der Waals surface area contributed by atoms with Crippen molar-refractivity contribution in [2.75, 3.05) is 20.2 Å². The molecule has 0 aliphatic carbocycles. The van der Waals surface area contributed by atoms with Crippen LogP contribution in [0.1, 0.15) is 44.6 Å². The number of unbranched alkanes of at least 4 members (excludes halogenated alkanes) is 2. The Morgan fingerprint density at radius 1 is 1.36 bits per heavy atom. The Hall–Kier alpha value is -0.770. The highest BCUT2D eigenvalue weighted by molar-refractivity contribution is 5.85. The number of hydrogen-bond acceptors (Lipinski definition) is 3. The Morgan fingerprint density at radius 2 is 2.18 bits per heavy atom. The second-order valence-corrected chi connectivity index (χ2v) is 5.59. The molecule has 1 fully saturated rings. The van der Waals surface area contributed by atoms with Crippen molar-refractivity contribution in [1.82, 2.24) is 9.88 Å². The Kier molecular flexibility index (Phi) is 11.3. The first-order valence-electron chi connectivity index (χ1n) is 7.74. The number of likely N-dealkylation sites (tertiary alicyclic amines) is 1. The Bertz CT molecular complexity index is 440. The average Bonchev–Trinajstić information content (AvgIpc) is 2.87. The number of pyridine rings is 1. The van der Waals surface area contributed by atoms with Gasteiger partial charge in [0.05, 0.1) is 6.20 Å². The molecule has 0 bridgehead atoms. The van der Waals surface area contributed by atoms with Gasteiger partial charge in [0, 0.05) is 12.2 Å². The van der Waals surface area contributed by atoms with Crippen LogP contribution in [0.5, 0.6) is 5.75 Å². The van der Waals surface area contributed by atoms with E-state index in [1.54, 1.807) is 6.20 Å². The summed E-state index contributed by atoms with van der Waals surface area (Å²) in [5.74, 6) is 0.878. The molecule has 0 aromatic carbocycles. The van der Waals surface area contributed by atoms with E-state index in [1.165, 1.54) is 32.2 Å². The van der Waals surface area contributed by atoms with Crippen LogP contribution in [0.15, 0.2) is 24.5 Å². The van der Waals surface area contributed by atoms with Gasteiger partial charge >= 0.3 is 0 Å². The summed E-state index contributed by atoms with van der Waals surface area (Å²) in [7, 11) is 2.17. The van der Waals surface area contributed by atoms with Crippen LogP contribution < -0.4 is 4.74 Å². The van der Waals surface area contributed by atoms with Gasteiger partial charge in [0.15, 0.2) is 0 Å². The van der Waals surface area contributed by atoms with Crippen molar-refractivity contribution < 1.29 is 4.74 Å². The van der Waals surface area contributed by atoms with E-state index in [9.17, 15) is 0 Å². The zero-order valence-electron chi connectivity index (χ0n) is 13.5.